The highest BCUT2D eigenvalue weighted by molar-refractivity contribution is 8.08. The van der Waals surface area contributed by atoms with Crippen molar-refractivity contribution in [2.75, 3.05) is 33.9 Å². The molecule has 2 aromatic carbocycles. The largest absolute Gasteiger partial charge is 0.497 e. The summed E-state index contributed by atoms with van der Waals surface area (Å²) in [5.74, 6) is 1.25. The lowest BCUT2D eigenvalue weighted by Gasteiger charge is -2.37. The molecule has 1 amide bonds. The molecule has 1 heterocycles. The van der Waals surface area contributed by atoms with Crippen LogP contribution in [-0.4, -0.2) is 55.4 Å². The second-order valence-corrected chi connectivity index (χ2v) is 12.9. The summed E-state index contributed by atoms with van der Waals surface area (Å²) in [6.45, 7) is 4.72. The summed E-state index contributed by atoms with van der Waals surface area (Å²) in [6, 6.07) is 13.1. The van der Waals surface area contributed by atoms with E-state index in [0.717, 1.165) is 11.1 Å². The third-order valence-corrected chi connectivity index (χ3v) is 8.23. The topological polar surface area (TPSA) is 80.3 Å². The summed E-state index contributed by atoms with van der Waals surface area (Å²) in [7, 11) is 3.22. The number of amides is 1. The molecule has 2 N–H and O–H groups in total. The first-order valence-corrected chi connectivity index (χ1v) is 14.0. The maximum Gasteiger partial charge on any atom is 0.261 e. The van der Waals surface area contributed by atoms with Crippen molar-refractivity contribution < 1.29 is 23.7 Å². The van der Waals surface area contributed by atoms with Crippen LogP contribution >= 0.6 is 6.64 Å². The van der Waals surface area contributed by atoms with E-state index >= 15 is 0 Å². The first-order chi connectivity index (χ1) is 16.0. The lowest BCUT2D eigenvalue weighted by molar-refractivity contribution is 0.0920. The van der Waals surface area contributed by atoms with Gasteiger partial charge in [-0.25, -0.2) is 4.67 Å². The number of piperidine rings is 1. The van der Waals surface area contributed by atoms with Gasteiger partial charge in [-0.2, -0.15) is 0 Å². The predicted molar refractivity (Wildman–Crippen MR) is 139 cm³/mol. The van der Waals surface area contributed by atoms with Crippen LogP contribution in [0, 0.1) is 5.41 Å². The Labute approximate surface area is 207 Å². The average molecular weight is 507 g/mol. The average Bonchev–Trinajstić information content (AvgIpc) is 2.82. The number of methoxy groups -OCH3 is 2. The number of hydrogen-bond acceptors (Lipinski definition) is 5. The zero-order chi connectivity index (χ0) is 24.9. The van der Waals surface area contributed by atoms with E-state index in [9.17, 15) is 9.69 Å². The van der Waals surface area contributed by atoms with Crippen molar-refractivity contribution in [3.05, 3.63) is 48.0 Å². The Bertz CT molecular complexity index is 1030. The highest BCUT2D eigenvalue weighted by Crippen LogP contribution is 2.49. The van der Waals surface area contributed by atoms with E-state index in [2.05, 4.69) is 5.32 Å². The summed E-state index contributed by atoms with van der Waals surface area (Å²) in [5, 5.41) is 3.13. The molecule has 0 aliphatic carbocycles. The third kappa shape index (κ3) is 7.27. The Morgan fingerprint density at radius 2 is 1.71 bits per heavy atom. The fraction of sp³-hybridized carbons (Fsp3) is 0.480. The van der Waals surface area contributed by atoms with Crippen LogP contribution in [-0.2, 0) is 16.3 Å². The summed E-state index contributed by atoms with van der Waals surface area (Å²) in [5.41, 5.74) is 2.33. The Balaban J connectivity index is 1.62. The van der Waals surface area contributed by atoms with Gasteiger partial charge in [-0.1, -0.05) is 32.9 Å². The SMILES string of the molecule is COc1cc(OC)cc(-c2cccc(C(=O)NC3CCN(P(O)(=S)OCC(C)(C)C)CC3)c2)c1. The van der Waals surface area contributed by atoms with Crippen molar-refractivity contribution in [3.63, 3.8) is 0 Å². The molecule has 7 nitrogen and oxygen atoms in total. The van der Waals surface area contributed by atoms with Gasteiger partial charge < -0.3 is 24.2 Å². The normalized spacial score (nSPS) is 17.1. The van der Waals surface area contributed by atoms with Gasteiger partial charge in [0.2, 0.25) is 0 Å². The fourth-order valence-electron chi connectivity index (χ4n) is 3.71. The van der Waals surface area contributed by atoms with E-state index in [4.69, 9.17) is 25.8 Å². The number of benzene rings is 2. The van der Waals surface area contributed by atoms with Gasteiger partial charge in [0.05, 0.1) is 20.8 Å². The summed E-state index contributed by atoms with van der Waals surface area (Å²) in [4.78, 5) is 23.7. The van der Waals surface area contributed by atoms with Gasteiger partial charge >= 0.3 is 0 Å². The van der Waals surface area contributed by atoms with E-state index in [-0.39, 0.29) is 17.4 Å². The predicted octanol–water partition coefficient (Wildman–Crippen LogP) is 4.84. The molecule has 1 saturated heterocycles. The second kappa shape index (κ2) is 11.2. The smallest absolute Gasteiger partial charge is 0.261 e. The highest BCUT2D eigenvalue weighted by atomic mass is 32.5. The van der Waals surface area contributed by atoms with Crippen molar-refractivity contribution in [3.8, 4) is 22.6 Å². The van der Waals surface area contributed by atoms with Crippen LogP contribution in [0.3, 0.4) is 0 Å². The minimum atomic E-state index is -3.00. The minimum Gasteiger partial charge on any atom is -0.497 e. The van der Waals surface area contributed by atoms with E-state index in [1.165, 1.54) is 0 Å². The van der Waals surface area contributed by atoms with Gasteiger partial charge in [-0.15, -0.1) is 0 Å². The van der Waals surface area contributed by atoms with E-state index < -0.39 is 6.64 Å². The summed E-state index contributed by atoms with van der Waals surface area (Å²) in [6.07, 6.45) is 1.41. The van der Waals surface area contributed by atoms with Crippen LogP contribution in [0.2, 0.25) is 0 Å². The zero-order valence-electron chi connectivity index (χ0n) is 20.5. The standard InChI is InChI=1S/C25H35N2O5PS/c1-25(2,3)17-32-33(29,34)27-11-9-21(10-12-27)26-24(28)19-8-6-7-18(13-19)20-14-22(30-4)16-23(15-20)31-5/h6-8,13-16,21H,9-12,17H2,1-5H3,(H,26,28)(H,29,34). The van der Waals surface area contributed by atoms with Crippen LogP contribution in [0.5, 0.6) is 11.5 Å². The quantitative estimate of drug-likeness (QED) is 0.496. The van der Waals surface area contributed by atoms with Crippen molar-refractivity contribution in [1.82, 2.24) is 9.99 Å². The first-order valence-electron chi connectivity index (χ1n) is 11.4. The van der Waals surface area contributed by atoms with Gasteiger partial charge in [0, 0.05) is 30.8 Å². The van der Waals surface area contributed by atoms with Crippen LogP contribution in [0.15, 0.2) is 42.5 Å². The van der Waals surface area contributed by atoms with Crippen LogP contribution in [0.4, 0.5) is 0 Å². The van der Waals surface area contributed by atoms with Gasteiger partial charge in [0.25, 0.3) is 12.5 Å². The molecule has 186 valence electrons. The number of carbonyl (C=O) groups excluding carboxylic acids is 1. The van der Waals surface area contributed by atoms with Crippen molar-refractivity contribution in [2.24, 2.45) is 5.41 Å². The molecule has 0 radical (unpaired) electrons. The molecule has 34 heavy (non-hydrogen) atoms. The number of nitrogens with zero attached hydrogens (tertiary/aromatic N) is 1. The Morgan fingerprint density at radius 1 is 1.09 bits per heavy atom. The maximum atomic E-state index is 13.0. The lowest BCUT2D eigenvalue weighted by atomic mass is 9.99. The molecule has 0 saturated carbocycles. The maximum absolute atomic E-state index is 13.0. The molecule has 1 fully saturated rings. The molecule has 0 spiro atoms. The molecule has 2 aromatic rings. The monoisotopic (exact) mass is 506 g/mol. The summed E-state index contributed by atoms with van der Waals surface area (Å²) >= 11 is 5.40. The molecule has 1 unspecified atom stereocenters. The minimum absolute atomic E-state index is 0.0157. The number of carbonyl (C=O) groups is 1. The Hall–Kier alpha value is -1.96. The first kappa shape index (κ1) is 26.6. The van der Waals surface area contributed by atoms with E-state index in [0.29, 0.717) is 49.6 Å². The van der Waals surface area contributed by atoms with Crippen LogP contribution in [0.25, 0.3) is 11.1 Å². The van der Waals surface area contributed by atoms with Crippen molar-refractivity contribution in [2.45, 2.75) is 39.7 Å². The zero-order valence-corrected chi connectivity index (χ0v) is 22.2. The molecule has 9 heteroatoms. The molecule has 1 aliphatic rings. The van der Waals surface area contributed by atoms with Gasteiger partial charge in [0.1, 0.15) is 11.5 Å². The molecule has 1 atom stereocenters. The molecule has 0 aromatic heterocycles. The van der Waals surface area contributed by atoms with E-state index in [1.54, 1.807) is 20.3 Å². The number of rotatable bonds is 8. The number of ether oxygens (including phenoxy) is 2. The highest BCUT2D eigenvalue weighted by Gasteiger charge is 2.31. The molecule has 1 aliphatic heterocycles. The van der Waals surface area contributed by atoms with Gasteiger partial charge in [-0.05, 0) is 65.5 Å². The van der Waals surface area contributed by atoms with Gasteiger partial charge in [0.15, 0.2) is 0 Å². The Kier molecular flexibility index (Phi) is 8.77. The van der Waals surface area contributed by atoms with E-state index in [1.807, 2.05) is 61.8 Å². The fourth-order valence-corrected chi connectivity index (χ4v) is 5.81. The van der Waals surface area contributed by atoms with Crippen molar-refractivity contribution in [1.29, 1.82) is 0 Å². The number of nitrogens with one attached hydrogen (secondary N) is 1. The Morgan fingerprint density at radius 3 is 2.26 bits per heavy atom. The second-order valence-electron chi connectivity index (χ2n) is 9.71. The van der Waals surface area contributed by atoms with Crippen LogP contribution in [0.1, 0.15) is 44.0 Å². The molecule has 3 rings (SSSR count). The molecule has 0 bridgehead atoms. The van der Waals surface area contributed by atoms with Crippen LogP contribution < -0.4 is 14.8 Å². The third-order valence-electron chi connectivity index (χ3n) is 5.64. The molecular weight excluding hydrogens is 471 g/mol. The van der Waals surface area contributed by atoms with Gasteiger partial charge in [-0.3, -0.25) is 4.79 Å². The summed E-state index contributed by atoms with van der Waals surface area (Å²) < 4.78 is 18.3. The van der Waals surface area contributed by atoms with Crippen molar-refractivity contribution >= 4 is 24.4 Å². The molecular formula is C25H35N2O5PS. The number of hydrogen-bond donors (Lipinski definition) is 2. The lowest BCUT2D eigenvalue weighted by Crippen LogP contribution is -2.43.